The van der Waals surface area contributed by atoms with Crippen LogP contribution in [0.15, 0.2) is 0 Å². The summed E-state index contributed by atoms with van der Waals surface area (Å²) in [5.74, 6) is 2.25. The third-order valence-electron chi connectivity index (χ3n) is 4.73. The fraction of sp³-hybridized carbons (Fsp3) is 0.867. The predicted octanol–water partition coefficient (Wildman–Crippen LogP) is 3.31. The molecule has 2 fully saturated rings. The van der Waals surface area contributed by atoms with Crippen LogP contribution in [0.2, 0.25) is 0 Å². The Morgan fingerprint density at radius 1 is 1.26 bits per heavy atom. The van der Waals surface area contributed by atoms with Gasteiger partial charge in [-0.3, -0.25) is 9.59 Å². The summed E-state index contributed by atoms with van der Waals surface area (Å²) in [6.45, 7) is 5.98. The van der Waals surface area contributed by atoms with Gasteiger partial charge in [0.1, 0.15) is 6.04 Å². The molecule has 108 valence electrons. The molecule has 2 bridgehead atoms. The summed E-state index contributed by atoms with van der Waals surface area (Å²) >= 11 is 1.79. The minimum atomic E-state index is -0.376. The van der Waals surface area contributed by atoms with Crippen LogP contribution in [0.25, 0.3) is 0 Å². The lowest BCUT2D eigenvalue weighted by atomic mass is 9.85. The Labute approximate surface area is 129 Å². The number of hydrogen-bond acceptors (Lipinski definition) is 2. The molecule has 0 radical (unpaired) electrons. The first kappa shape index (κ1) is 15.3. The van der Waals surface area contributed by atoms with Crippen LogP contribution in [0.1, 0.15) is 52.9 Å². The average molecular weight is 377 g/mol. The Morgan fingerprint density at radius 2 is 1.95 bits per heavy atom. The van der Waals surface area contributed by atoms with E-state index >= 15 is 0 Å². The highest BCUT2D eigenvalue weighted by atomic mass is 127. The fourth-order valence-electron chi connectivity index (χ4n) is 3.70. The topological polar surface area (TPSA) is 46.2 Å². The zero-order valence-electron chi connectivity index (χ0n) is 12.0. The molecular weight excluding hydrogens is 353 g/mol. The minimum absolute atomic E-state index is 0.0198. The molecule has 0 aromatic carbocycles. The highest BCUT2D eigenvalue weighted by Gasteiger charge is 2.40. The van der Waals surface area contributed by atoms with E-state index in [0.29, 0.717) is 12.3 Å². The first-order valence-electron chi connectivity index (χ1n) is 7.26. The van der Waals surface area contributed by atoms with Gasteiger partial charge in [-0.05, 0) is 42.4 Å². The van der Waals surface area contributed by atoms with Gasteiger partial charge in [-0.1, -0.05) is 27.2 Å². The second-order valence-corrected chi connectivity index (χ2v) is 8.37. The van der Waals surface area contributed by atoms with Gasteiger partial charge in [-0.25, -0.2) is 0 Å². The normalized spacial score (nSPS) is 31.3. The van der Waals surface area contributed by atoms with E-state index < -0.39 is 0 Å². The Hall–Kier alpha value is -0.130. The van der Waals surface area contributed by atoms with Gasteiger partial charge in [0.05, 0.1) is 0 Å². The van der Waals surface area contributed by atoms with Crippen molar-refractivity contribution in [1.29, 1.82) is 0 Å². The molecule has 2 aliphatic rings. The highest BCUT2D eigenvalue weighted by molar-refractivity contribution is 14.1. The molecule has 2 aliphatic carbocycles. The van der Waals surface area contributed by atoms with Crippen molar-refractivity contribution in [1.82, 2.24) is 5.32 Å². The van der Waals surface area contributed by atoms with E-state index in [1.807, 2.05) is 20.8 Å². The second kappa shape index (κ2) is 5.70. The molecule has 19 heavy (non-hydrogen) atoms. The molecule has 0 aromatic rings. The Morgan fingerprint density at radius 3 is 2.37 bits per heavy atom. The molecule has 0 spiro atoms. The van der Waals surface area contributed by atoms with Gasteiger partial charge in [0.2, 0.25) is 9.70 Å². The highest BCUT2D eigenvalue weighted by Crippen LogP contribution is 2.49. The molecule has 1 amide bonds. The van der Waals surface area contributed by atoms with Crippen molar-refractivity contribution in [2.24, 2.45) is 23.2 Å². The Balaban J connectivity index is 1.88. The molecule has 4 atom stereocenters. The smallest absolute Gasteiger partial charge is 0.220 e. The van der Waals surface area contributed by atoms with Crippen LogP contribution in [0.4, 0.5) is 0 Å². The molecule has 0 saturated heterocycles. The average Bonchev–Trinajstić information content (AvgIpc) is 2.85. The van der Waals surface area contributed by atoms with Crippen molar-refractivity contribution in [2.45, 2.75) is 58.9 Å². The largest absolute Gasteiger partial charge is 0.345 e. The van der Waals surface area contributed by atoms with Crippen molar-refractivity contribution in [3.05, 3.63) is 0 Å². The maximum absolute atomic E-state index is 12.2. The molecule has 4 heteroatoms. The monoisotopic (exact) mass is 377 g/mol. The van der Waals surface area contributed by atoms with Gasteiger partial charge in [0.15, 0.2) is 0 Å². The standard InChI is InChI=1S/C15H24INO2/c1-15(2,3)13(14(16)19)17-12(18)8-11-7-9-4-5-10(11)6-9/h9-11,13H,4-8H2,1-3H3,(H,17,18). The molecule has 0 aromatic heterocycles. The maximum Gasteiger partial charge on any atom is 0.220 e. The van der Waals surface area contributed by atoms with Crippen LogP contribution in [0, 0.1) is 23.2 Å². The summed E-state index contributed by atoms with van der Waals surface area (Å²) < 4.78 is 0.0198. The van der Waals surface area contributed by atoms with E-state index in [9.17, 15) is 9.59 Å². The van der Waals surface area contributed by atoms with E-state index in [1.54, 1.807) is 22.6 Å². The number of carbonyl (C=O) groups is 2. The minimum Gasteiger partial charge on any atom is -0.345 e. The van der Waals surface area contributed by atoms with Crippen LogP contribution in [0.5, 0.6) is 0 Å². The van der Waals surface area contributed by atoms with Crippen molar-refractivity contribution in [2.75, 3.05) is 0 Å². The summed E-state index contributed by atoms with van der Waals surface area (Å²) in [7, 11) is 0. The number of halogens is 1. The van der Waals surface area contributed by atoms with Gasteiger partial charge in [0.25, 0.3) is 0 Å². The predicted molar refractivity (Wildman–Crippen MR) is 84.0 cm³/mol. The summed E-state index contributed by atoms with van der Waals surface area (Å²) in [5.41, 5.74) is -0.220. The quantitative estimate of drug-likeness (QED) is 0.604. The van der Waals surface area contributed by atoms with Crippen LogP contribution >= 0.6 is 22.6 Å². The van der Waals surface area contributed by atoms with Crippen LogP contribution in [-0.4, -0.2) is 15.7 Å². The number of carbonyl (C=O) groups excluding carboxylic acids is 2. The number of nitrogens with one attached hydrogen (secondary N) is 1. The molecule has 2 rings (SSSR count). The van der Waals surface area contributed by atoms with Crippen molar-refractivity contribution in [3.8, 4) is 0 Å². The summed E-state index contributed by atoms with van der Waals surface area (Å²) in [6.07, 6.45) is 5.82. The van der Waals surface area contributed by atoms with Gasteiger partial charge >= 0.3 is 0 Å². The lowest BCUT2D eigenvalue weighted by Gasteiger charge is -2.29. The Bertz CT molecular complexity index is 375. The van der Waals surface area contributed by atoms with Crippen molar-refractivity contribution in [3.63, 3.8) is 0 Å². The van der Waals surface area contributed by atoms with Gasteiger partial charge in [-0.15, -0.1) is 0 Å². The van der Waals surface area contributed by atoms with Gasteiger partial charge in [-0.2, -0.15) is 0 Å². The maximum atomic E-state index is 12.2. The summed E-state index contributed by atoms with van der Waals surface area (Å²) in [6, 6.07) is -0.376. The zero-order chi connectivity index (χ0) is 14.2. The summed E-state index contributed by atoms with van der Waals surface area (Å²) in [5, 5.41) is 2.95. The van der Waals surface area contributed by atoms with Crippen LogP contribution < -0.4 is 5.32 Å². The molecule has 0 aliphatic heterocycles. The van der Waals surface area contributed by atoms with Crippen LogP contribution in [-0.2, 0) is 9.59 Å². The molecule has 3 nitrogen and oxygen atoms in total. The van der Waals surface area contributed by atoms with Gasteiger partial charge < -0.3 is 5.32 Å². The lowest BCUT2D eigenvalue weighted by Crippen LogP contribution is -2.47. The van der Waals surface area contributed by atoms with E-state index in [4.69, 9.17) is 0 Å². The first-order valence-corrected chi connectivity index (χ1v) is 8.34. The molecule has 1 N–H and O–H groups in total. The molecule has 2 saturated carbocycles. The van der Waals surface area contributed by atoms with E-state index in [0.717, 1.165) is 11.8 Å². The zero-order valence-corrected chi connectivity index (χ0v) is 14.2. The van der Waals surface area contributed by atoms with E-state index in [-0.39, 0.29) is 21.2 Å². The number of rotatable bonds is 4. The Kier molecular flexibility index (Phi) is 4.58. The lowest BCUT2D eigenvalue weighted by molar-refractivity contribution is -0.127. The van der Waals surface area contributed by atoms with Crippen molar-refractivity contribution >= 4 is 32.3 Å². The van der Waals surface area contributed by atoms with E-state index in [2.05, 4.69) is 5.32 Å². The number of hydrogen-bond donors (Lipinski definition) is 1. The third kappa shape index (κ3) is 3.70. The fourth-order valence-corrected chi connectivity index (χ4v) is 4.79. The van der Waals surface area contributed by atoms with Crippen LogP contribution in [0.3, 0.4) is 0 Å². The van der Waals surface area contributed by atoms with E-state index in [1.165, 1.54) is 25.7 Å². The molecule has 0 heterocycles. The number of fused-ring (bicyclic) bond motifs is 2. The van der Waals surface area contributed by atoms with Crippen molar-refractivity contribution < 1.29 is 9.59 Å². The third-order valence-corrected chi connectivity index (χ3v) is 5.35. The molecule has 4 unspecified atom stereocenters. The second-order valence-electron chi connectivity index (χ2n) is 7.31. The molecular formula is C15H24INO2. The number of amides is 1. The van der Waals surface area contributed by atoms with Gasteiger partial charge in [0, 0.05) is 29.0 Å². The first-order chi connectivity index (χ1) is 8.77. The summed E-state index contributed by atoms with van der Waals surface area (Å²) in [4.78, 5) is 23.8. The SMILES string of the molecule is CC(C)(C)C(NC(=O)CC1CC2CCC1C2)C(=O)I.